The number of hydrogen-bond donors (Lipinski definition) is 1. The average Bonchev–Trinajstić information content (AvgIpc) is 2.77. The Kier molecular flexibility index (Phi) is 5.39. The first-order valence-corrected chi connectivity index (χ1v) is 9.40. The first-order chi connectivity index (χ1) is 14.6. The molecule has 1 aromatic heterocycles. The molecule has 0 fully saturated rings. The van der Waals surface area contributed by atoms with Crippen molar-refractivity contribution in [1.82, 2.24) is 9.78 Å². The Morgan fingerprint density at radius 2 is 1.47 bits per heavy atom. The predicted molar refractivity (Wildman–Crippen MR) is 115 cm³/mol. The molecule has 0 atom stereocenters. The highest BCUT2D eigenvalue weighted by Crippen LogP contribution is 2.23. The van der Waals surface area contributed by atoms with Crippen molar-refractivity contribution < 1.29 is 9.53 Å². The smallest absolute Gasteiger partial charge is 0.276 e. The number of ether oxygens (including phenoxy) is 1. The van der Waals surface area contributed by atoms with E-state index in [1.165, 1.54) is 16.8 Å². The minimum atomic E-state index is -0.410. The summed E-state index contributed by atoms with van der Waals surface area (Å²) in [6, 6.07) is 26.5. The second-order valence-electron chi connectivity index (χ2n) is 6.70. The second kappa shape index (κ2) is 8.45. The van der Waals surface area contributed by atoms with Crippen LogP contribution in [0.1, 0.15) is 16.1 Å². The molecule has 30 heavy (non-hydrogen) atoms. The molecule has 4 aromatic rings. The summed E-state index contributed by atoms with van der Waals surface area (Å²) in [5, 5.41) is 6.97. The number of nitrogens with zero attached hydrogens (tertiary/aromatic N) is 2. The molecule has 1 N–H and O–H groups in total. The molecule has 0 bridgehead atoms. The summed E-state index contributed by atoms with van der Waals surface area (Å²) in [7, 11) is 0. The third kappa shape index (κ3) is 4.44. The zero-order valence-corrected chi connectivity index (χ0v) is 16.3. The quantitative estimate of drug-likeness (QED) is 0.535. The van der Waals surface area contributed by atoms with Crippen molar-refractivity contribution in [3.63, 3.8) is 0 Å². The number of carbonyl (C=O) groups is 1. The van der Waals surface area contributed by atoms with E-state index in [0.29, 0.717) is 17.1 Å². The number of benzene rings is 3. The van der Waals surface area contributed by atoms with E-state index in [1.54, 1.807) is 48.5 Å². The zero-order chi connectivity index (χ0) is 20.9. The second-order valence-corrected chi connectivity index (χ2v) is 6.70. The summed E-state index contributed by atoms with van der Waals surface area (Å²) < 4.78 is 6.99. The highest BCUT2D eigenvalue weighted by atomic mass is 16.5. The topological polar surface area (TPSA) is 73.2 Å². The molecule has 3 aromatic carbocycles. The minimum Gasteiger partial charge on any atom is -0.457 e. The lowest BCUT2D eigenvalue weighted by molar-refractivity contribution is 0.102. The first-order valence-electron chi connectivity index (χ1n) is 9.40. The molecule has 1 amide bonds. The highest BCUT2D eigenvalue weighted by molar-refractivity contribution is 6.02. The number of anilines is 1. The van der Waals surface area contributed by atoms with E-state index in [9.17, 15) is 9.59 Å². The molecule has 6 nitrogen and oxygen atoms in total. The van der Waals surface area contributed by atoms with Crippen LogP contribution in [0.25, 0.3) is 5.69 Å². The summed E-state index contributed by atoms with van der Waals surface area (Å²) >= 11 is 0. The van der Waals surface area contributed by atoms with Gasteiger partial charge in [-0.15, -0.1) is 0 Å². The fraction of sp³-hybridized carbons (Fsp3) is 0.0417. The number of nitrogens with one attached hydrogen (secondary N) is 1. The average molecular weight is 397 g/mol. The minimum absolute atomic E-state index is 0.137. The van der Waals surface area contributed by atoms with E-state index >= 15 is 0 Å². The molecule has 0 spiro atoms. The van der Waals surface area contributed by atoms with Crippen LogP contribution < -0.4 is 15.6 Å². The molecule has 0 aliphatic carbocycles. The SMILES string of the molecule is Cc1ccc(Oc2ccc(NC(=O)c3ccc(=O)n(-c4ccccc4)n3)cc2)cc1. The number of aryl methyl sites for hydroxylation is 1. The van der Waals surface area contributed by atoms with Crippen LogP contribution >= 0.6 is 0 Å². The van der Waals surface area contributed by atoms with Gasteiger partial charge in [0.1, 0.15) is 17.2 Å². The number of rotatable bonds is 5. The van der Waals surface area contributed by atoms with E-state index < -0.39 is 5.91 Å². The molecule has 0 saturated carbocycles. The van der Waals surface area contributed by atoms with Crippen LogP contribution in [-0.4, -0.2) is 15.7 Å². The first kappa shape index (κ1) is 19.1. The Balaban J connectivity index is 1.47. The van der Waals surface area contributed by atoms with Gasteiger partial charge in [-0.05, 0) is 61.5 Å². The number of hydrogen-bond acceptors (Lipinski definition) is 4. The van der Waals surface area contributed by atoms with Gasteiger partial charge in [-0.25, -0.2) is 0 Å². The molecule has 0 aliphatic heterocycles. The fourth-order valence-electron chi connectivity index (χ4n) is 2.83. The normalized spacial score (nSPS) is 10.4. The maximum Gasteiger partial charge on any atom is 0.276 e. The van der Waals surface area contributed by atoms with Crippen LogP contribution in [0.5, 0.6) is 11.5 Å². The highest BCUT2D eigenvalue weighted by Gasteiger charge is 2.11. The number of carbonyl (C=O) groups excluding carboxylic acids is 1. The number of para-hydroxylation sites is 1. The van der Waals surface area contributed by atoms with Gasteiger partial charge in [-0.2, -0.15) is 9.78 Å². The monoisotopic (exact) mass is 397 g/mol. The van der Waals surface area contributed by atoms with E-state index in [-0.39, 0.29) is 11.3 Å². The van der Waals surface area contributed by atoms with Crippen LogP contribution in [0, 0.1) is 6.92 Å². The lowest BCUT2D eigenvalue weighted by Crippen LogP contribution is -2.24. The molecule has 148 valence electrons. The largest absolute Gasteiger partial charge is 0.457 e. The number of aromatic nitrogens is 2. The molecule has 0 saturated heterocycles. The van der Waals surface area contributed by atoms with Crippen molar-refractivity contribution >= 4 is 11.6 Å². The van der Waals surface area contributed by atoms with Crippen LogP contribution in [0.4, 0.5) is 5.69 Å². The van der Waals surface area contributed by atoms with Crippen LogP contribution in [0.2, 0.25) is 0 Å². The van der Waals surface area contributed by atoms with Crippen LogP contribution in [0.3, 0.4) is 0 Å². The van der Waals surface area contributed by atoms with Gasteiger partial charge in [-0.1, -0.05) is 35.9 Å². The van der Waals surface area contributed by atoms with Gasteiger partial charge >= 0.3 is 0 Å². The van der Waals surface area contributed by atoms with Gasteiger partial charge in [-0.3, -0.25) is 9.59 Å². The Hall–Kier alpha value is -4.19. The van der Waals surface area contributed by atoms with Crippen molar-refractivity contribution in [2.24, 2.45) is 0 Å². The summed E-state index contributed by atoms with van der Waals surface area (Å²) in [4.78, 5) is 24.7. The standard InChI is InChI=1S/C24H19N3O3/c1-17-7-11-20(12-8-17)30-21-13-9-18(10-14-21)25-24(29)22-15-16-23(28)27(26-22)19-5-3-2-4-6-19/h2-16H,1H3,(H,25,29). The lowest BCUT2D eigenvalue weighted by atomic mass is 10.2. The van der Waals surface area contributed by atoms with Gasteiger partial charge < -0.3 is 10.1 Å². The van der Waals surface area contributed by atoms with Crippen molar-refractivity contribution in [2.75, 3.05) is 5.32 Å². The molecule has 0 aliphatic rings. The zero-order valence-electron chi connectivity index (χ0n) is 16.3. The maximum atomic E-state index is 12.6. The molecule has 4 rings (SSSR count). The summed E-state index contributed by atoms with van der Waals surface area (Å²) in [5.41, 5.74) is 2.17. The molecule has 6 heteroatoms. The van der Waals surface area contributed by atoms with Crippen molar-refractivity contribution in [1.29, 1.82) is 0 Å². The molecule has 1 heterocycles. The fourth-order valence-corrected chi connectivity index (χ4v) is 2.83. The Bertz CT molecular complexity index is 1220. The number of amides is 1. The van der Waals surface area contributed by atoms with Gasteiger partial charge in [0, 0.05) is 11.8 Å². The van der Waals surface area contributed by atoms with Gasteiger partial charge in [0.2, 0.25) is 0 Å². The Labute approximate surface area is 173 Å². The van der Waals surface area contributed by atoms with Crippen molar-refractivity contribution in [3.8, 4) is 17.2 Å². The third-order valence-corrected chi connectivity index (χ3v) is 4.40. The van der Waals surface area contributed by atoms with Crippen molar-refractivity contribution in [2.45, 2.75) is 6.92 Å². The van der Waals surface area contributed by atoms with Crippen molar-refractivity contribution in [3.05, 3.63) is 113 Å². The van der Waals surface area contributed by atoms with E-state index in [4.69, 9.17) is 4.74 Å². The van der Waals surface area contributed by atoms with Gasteiger partial charge in [0.15, 0.2) is 0 Å². The lowest BCUT2D eigenvalue weighted by Gasteiger charge is -2.09. The predicted octanol–water partition coefficient (Wildman–Crippen LogP) is 4.59. The van der Waals surface area contributed by atoms with Crippen LogP contribution in [0.15, 0.2) is 95.8 Å². The summed E-state index contributed by atoms with van der Waals surface area (Å²) in [5.74, 6) is 0.990. The summed E-state index contributed by atoms with van der Waals surface area (Å²) in [6.45, 7) is 2.02. The Morgan fingerprint density at radius 1 is 0.833 bits per heavy atom. The van der Waals surface area contributed by atoms with E-state index in [0.717, 1.165) is 11.3 Å². The maximum absolute atomic E-state index is 12.6. The molecular formula is C24H19N3O3. The molecule has 0 radical (unpaired) electrons. The molecular weight excluding hydrogens is 378 g/mol. The third-order valence-electron chi connectivity index (χ3n) is 4.40. The Morgan fingerprint density at radius 3 is 2.13 bits per heavy atom. The van der Waals surface area contributed by atoms with E-state index in [2.05, 4.69) is 10.4 Å². The van der Waals surface area contributed by atoms with Gasteiger partial charge in [0.25, 0.3) is 11.5 Å². The summed E-state index contributed by atoms with van der Waals surface area (Å²) in [6.07, 6.45) is 0. The van der Waals surface area contributed by atoms with Gasteiger partial charge in [0.05, 0.1) is 5.69 Å². The van der Waals surface area contributed by atoms with Crippen LogP contribution in [-0.2, 0) is 0 Å². The molecule has 0 unspecified atom stereocenters. The van der Waals surface area contributed by atoms with E-state index in [1.807, 2.05) is 37.3 Å².